The van der Waals surface area contributed by atoms with Gasteiger partial charge in [0.05, 0.1) is 6.04 Å². The number of carbonyl (C=O) groups excluding carboxylic acids is 1. The van der Waals surface area contributed by atoms with Gasteiger partial charge in [0.25, 0.3) is 0 Å². The SMILES string of the molecule is CC(NCCN(C)C)C(=O)NC12CC3CC(CC(C3)C1)C2. The van der Waals surface area contributed by atoms with Crippen LogP contribution in [-0.2, 0) is 4.79 Å². The maximum Gasteiger partial charge on any atom is 0.237 e. The third kappa shape index (κ3) is 3.42. The number of hydrogen-bond donors (Lipinski definition) is 2. The Balaban J connectivity index is 1.52. The predicted octanol–water partition coefficient (Wildman–Crippen LogP) is 1.61. The van der Waals surface area contributed by atoms with Crippen molar-refractivity contribution in [2.45, 2.75) is 57.0 Å². The van der Waals surface area contributed by atoms with E-state index in [1.54, 1.807) is 0 Å². The van der Waals surface area contributed by atoms with Crippen molar-refractivity contribution in [3.8, 4) is 0 Å². The Labute approximate surface area is 129 Å². The minimum Gasteiger partial charge on any atom is -0.349 e. The lowest BCUT2D eigenvalue weighted by atomic mass is 9.53. The first-order valence-corrected chi connectivity index (χ1v) is 8.66. The number of likely N-dealkylation sites (N-methyl/N-ethyl adjacent to an activating group) is 1. The molecule has 0 saturated heterocycles. The van der Waals surface area contributed by atoms with E-state index < -0.39 is 0 Å². The molecule has 1 amide bonds. The fraction of sp³-hybridized carbons (Fsp3) is 0.941. The Morgan fingerprint density at radius 2 is 1.67 bits per heavy atom. The molecule has 4 aliphatic rings. The number of nitrogens with one attached hydrogen (secondary N) is 2. The predicted molar refractivity (Wildman–Crippen MR) is 85.1 cm³/mol. The zero-order valence-electron chi connectivity index (χ0n) is 13.8. The van der Waals surface area contributed by atoms with Crippen molar-refractivity contribution in [1.29, 1.82) is 0 Å². The molecule has 0 heterocycles. The van der Waals surface area contributed by atoms with Gasteiger partial charge < -0.3 is 15.5 Å². The molecule has 4 rings (SSSR count). The Morgan fingerprint density at radius 1 is 1.14 bits per heavy atom. The lowest BCUT2D eigenvalue weighted by Crippen LogP contribution is -2.62. The van der Waals surface area contributed by atoms with Crippen LogP contribution in [0.1, 0.15) is 45.4 Å². The molecule has 0 spiro atoms. The van der Waals surface area contributed by atoms with Crippen LogP contribution >= 0.6 is 0 Å². The normalized spacial score (nSPS) is 38.8. The van der Waals surface area contributed by atoms with Crippen molar-refractivity contribution in [3.63, 3.8) is 0 Å². The number of rotatable bonds is 6. The minimum atomic E-state index is -0.0852. The molecule has 120 valence electrons. The average Bonchev–Trinajstić information content (AvgIpc) is 2.35. The monoisotopic (exact) mass is 293 g/mol. The van der Waals surface area contributed by atoms with Crippen LogP contribution in [0.15, 0.2) is 0 Å². The topological polar surface area (TPSA) is 44.4 Å². The molecule has 1 unspecified atom stereocenters. The van der Waals surface area contributed by atoms with E-state index >= 15 is 0 Å². The summed E-state index contributed by atoms with van der Waals surface area (Å²) in [6.45, 7) is 3.82. The van der Waals surface area contributed by atoms with Gasteiger partial charge in [0.1, 0.15) is 0 Å². The minimum absolute atomic E-state index is 0.0852. The summed E-state index contributed by atoms with van der Waals surface area (Å²) in [4.78, 5) is 14.7. The molecule has 4 aliphatic carbocycles. The molecule has 1 atom stereocenters. The highest BCUT2D eigenvalue weighted by molar-refractivity contribution is 5.82. The Morgan fingerprint density at radius 3 is 2.14 bits per heavy atom. The van der Waals surface area contributed by atoms with Gasteiger partial charge in [0.2, 0.25) is 5.91 Å². The fourth-order valence-corrected chi connectivity index (χ4v) is 5.23. The summed E-state index contributed by atoms with van der Waals surface area (Å²) in [6, 6.07) is -0.0852. The summed E-state index contributed by atoms with van der Waals surface area (Å²) in [5.41, 5.74) is 0.142. The van der Waals surface area contributed by atoms with E-state index in [2.05, 4.69) is 29.6 Å². The van der Waals surface area contributed by atoms with Crippen LogP contribution in [0.4, 0.5) is 0 Å². The van der Waals surface area contributed by atoms with Gasteiger partial charge in [-0.2, -0.15) is 0 Å². The molecule has 4 heteroatoms. The third-order valence-corrected chi connectivity index (χ3v) is 5.83. The first kappa shape index (κ1) is 15.3. The molecule has 4 saturated carbocycles. The highest BCUT2D eigenvalue weighted by Gasteiger charge is 2.51. The number of nitrogens with zero attached hydrogens (tertiary/aromatic N) is 1. The molecule has 0 aromatic heterocycles. The molecule has 4 bridgehead atoms. The first-order chi connectivity index (χ1) is 9.96. The van der Waals surface area contributed by atoms with E-state index in [4.69, 9.17) is 0 Å². The molecule has 0 aliphatic heterocycles. The van der Waals surface area contributed by atoms with E-state index in [-0.39, 0.29) is 17.5 Å². The van der Waals surface area contributed by atoms with Gasteiger partial charge in [0, 0.05) is 18.6 Å². The lowest BCUT2D eigenvalue weighted by molar-refractivity contribution is -0.128. The molecular formula is C17H31N3O. The molecule has 0 aromatic rings. The molecule has 21 heavy (non-hydrogen) atoms. The molecule has 4 nitrogen and oxygen atoms in total. The van der Waals surface area contributed by atoms with Crippen LogP contribution in [0.25, 0.3) is 0 Å². The van der Waals surface area contributed by atoms with Gasteiger partial charge in [-0.15, -0.1) is 0 Å². The number of hydrogen-bond acceptors (Lipinski definition) is 3. The van der Waals surface area contributed by atoms with E-state index in [1.165, 1.54) is 38.5 Å². The third-order valence-electron chi connectivity index (χ3n) is 5.83. The van der Waals surface area contributed by atoms with E-state index in [9.17, 15) is 4.79 Å². The average molecular weight is 293 g/mol. The summed E-state index contributed by atoms with van der Waals surface area (Å²) in [5.74, 6) is 2.85. The van der Waals surface area contributed by atoms with Gasteiger partial charge in [-0.1, -0.05) is 0 Å². The standard InChI is InChI=1S/C17H31N3O/c1-12(18-4-5-20(2)3)16(21)19-17-9-13-6-14(10-17)8-15(7-13)11-17/h12-15,18H,4-11H2,1-3H3,(H,19,21). The summed E-state index contributed by atoms with van der Waals surface area (Å²) in [6.07, 6.45) is 7.96. The van der Waals surface area contributed by atoms with Gasteiger partial charge in [-0.25, -0.2) is 0 Å². The molecular weight excluding hydrogens is 262 g/mol. The lowest BCUT2D eigenvalue weighted by Gasteiger charge is -2.57. The number of amides is 1. The molecule has 4 fully saturated rings. The van der Waals surface area contributed by atoms with Gasteiger partial charge in [-0.3, -0.25) is 4.79 Å². The van der Waals surface area contributed by atoms with Gasteiger partial charge >= 0.3 is 0 Å². The zero-order valence-corrected chi connectivity index (χ0v) is 13.8. The van der Waals surface area contributed by atoms with E-state index in [1.807, 2.05) is 6.92 Å². The summed E-state index contributed by atoms with van der Waals surface area (Å²) in [5, 5.41) is 6.79. The van der Waals surface area contributed by atoms with Crippen LogP contribution in [0.2, 0.25) is 0 Å². The van der Waals surface area contributed by atoms with Gasteiger partial charge in [-0.05, 0) is 77.3 Å². The summed E-state index contributed by atoms with van der Waals surface area (Å²) < 4.78 is 0. The van der Waals surface area contributed by atoms with Crippen LogP contribution < -0.4 is 10.6 Å². The second-order valence-electron chi connectivity index (χ2n) is 8.17. The molecule has 0 aromatic carbocycles. The van der Waals surface area contributed by atoms with Crippen LogP contribution in [0.3, 0.4) is 0 Å². The Bertz CT molecular complexity index is 358. The van der Waals surface area contributed by atoms with Crippen LogP contribution in [0.5, 0.6) is 0 Å². The number of carbonyl (C=O) groups is 1. The molecule has 0 radical (unpaired) electrons. The quantitative estimate of drug-likeness (QED) is 0.782. The van der Waals surface area contributed by atoms with Gasteiger partial charge in [0.15, 0.2) is 0 Å². The molecule has 2 N–H and O–H groups in total. The van der Waals surface area contributed by atoms with Crippen molar-refractivity contribution < 1.29 is 4.79 Å². The van der Waals surface area contributed by atoms with E-state index in [0.29, 0.717) is 0 Å². The maximum absolute atomic E-state index is 12.5. The van der Waals surface area contributed by atoms with Crippen molar-refractivity contribution in [3.05, 3.63) is 0 Å². The van der Waals surface area contributed by atoms with Crippen molar-refractivity contribution in [2.24, 2.45) is 17.8 Å². The Hall–Kier alpha value is -0.610. The highest BCUT2D eigenvalue weighted by atomic mass is 16.2. The largest absolute Gasteiger partial charge is 0.349 e. The fourth-order valence-electron chi connectivity index (χ4n) is 5.23. The van der Waals surface area contributed by atoms with Crippen molar-refractivity contribution in [1.82, 2.24) is 15.5 Å². The maximum atomic E-state index is 12.5. The highest BCUT2D eigenvalue weighted by Crippen LogP contribution is 2.55. The van der Waals surface area contributed by atoms with Crippen LogP contribution in [-0.4, -0.2) is 49.6 Å². The Kier molecular flexibility index (Phi) is 4.28. The summed E-state index contributed by atoms with van der Waals surface area (Å²) >= 11 is 0. The first-order valence-electron chi connectivity index (χ1n) is 8.66. The van der Waals surface area contributed by atoms with Crippen molar-refractivity contribution >= 4 is 5.91 Å². The van der Waals surface area contributed by atoms with Crippen molar-refractivity contribution in [2.75, 3.05) is 27.2 Å². The zero-order chi connectivity index (χ0) is 15.0. The second-order valence-corrected chi connectivity index (χ2v) is 8.17. The van der Waals surface area contributed by atoms with E-state index in [0.717, 1.165) is 30.8 Å². The van der Waals surface area contributed by atoms with Crippen LogP contribution in [0, 0.1) is 17.8 Å². The smallest absolute Gasteiger partial charge is 0.237 e. The second kappa shape index (κ2) is 5.88. The summed E-state index contributed by atoms with van der Waals surface area (Å²) in [7, 11) is 4.11.